The molecule has 1 fully saturated rings. The zero-order valence-corrected chi connectivity index (χ0v) is 11.2. The van der Waals surface area contributed by atoms with Crippen molar-refractivity contribution >= 4 is 0 Å². The van der Waals surface area contributed by atoms with E-state index in [1.54, 1.807) is 7.11 Å². The standard InChI is InChI=1S/C13H27NO3/c1-11-5-3-4-6-13(11)17-10-12(15)9-14-7-8-16-2/h11-15H,3-10H2,1-2H3/t11-,12-,13+/m0/s1. The van der Waals surface area contributed by atoms with Gasteiger partial charge in [0.1, 0.15) is 0 Å². The molecule has 4 nitrogen and oxygen atoms in total. The summed E-state index contributed by atoms with van der Waals surface area (Å²) in [6, 6.07) is 0. The predicted molar refractivity (Wildman–Crippen MR) is 68.1 cm³/mol. The van der Waals surface area contributed by atoms with Gasteiger partial charge in [0, 0.05) is 20.2 Å². The summed E-state index contributed by atoms with van der Waals surface area (Å²) >= 11 is 0. The number of aliphatic hydroxyl groups is 1. The second kappa shape index (κ2) is 8.86. The third-order valence-electron chi connectivity index (χ3n) is 3.40. The lowest BCUT2D eigenvalue weighted by Gasteiger charge is -2.29. The molecule has 0 aromatic carbocycles. The van der Waals surface area contributed by atoms with Gasteiger partial charge in [0.25, 0.3) is 0 Å². The van der Waals surface area contributed by atoms with Crippen molar-refractivity contribution in [1.82, 2.24) is 5.32 Å². The lowest BCUT2D eigenvalue weighted by Crippen LogP contribution is -2.35. The molecular weight excluding hydrogens is 218 g/mol. The Labute approximate surface area is 105 Å². The van der Waals surface area contributed by atoms with Crippen molar-refractivity contribution in [3.05, 3.63) is 0 Å². The van der Waals surface area contributed by atoms with Gasteiger partial charge in [-0.25, -0.2) is 0 Å². The van der Waals surface area contributed by atoms with Crippen LogP contribution < -0.4 is 5.32 Å². The summed E-state index contributed by atoms with van der Waals surface area (Å²) in [4.78, 5) is 0. The van der Waals surface area contributed by atoms with E-state index in [-0.39, 0.29) is 0 Å². The van der Waals surface area contributed by atoms with Gasteiger partial charge in [-0.15, -0.1) is 0 Å². The first-order chi connectivity index (χ1) is 8.24. The van der Waals surface area contributed by atoms with Gasteiger partial charge in [-0.05, 0) is 18.8 Å². The fourth-order valence-corrected chi connectivity index (χ4v) is 2.27. The van der Waals surface area contributed by atoms with Crippen LogP contribution >= 0.6 is 0 Å². The first kappa shape index (κ1) is 14.9. The molecule has 3 atom stereocenters. The molecule has 0 bridgehead atoms. The van der Waals surface area contributed by atoms with Crippen LogP contribution in [-0.2, 0) is 9.47 Å². The highest BCUT2D eigenvalue weighted by molar-refractivity contribution is 4.73. The quantitative estimate of drug-likeness (QED) is 0.631. The largest absolute Gasteiger partial charge is 0.389 e. The Balaban J connectivity index is 2.03. The van der Waals surface area contributed by atoms with E-state index in [0.717, 1.165) is 13.0 Å². The molecular formula is C13H27NO3. The maximum atomic E-state index is 9.74. The van der Waals surface area contributed by atoms with E-state index in [4.69, 9.17) is 9.47 Å². The van der Waals surface area contributed by atoms with E-state index in [1.165, 1.54) is 19.3 Å². The number of aliphatic hydroxyl groups excluding tert-OH is 1. The molecule has 4 heteroatoms. The molecule has 0 radical (unpaired) electrons. The van der Waals surface area contributed by atoms with Crippen LogP contribution in [0, 0.1) is 5.92 Å². The molecule has 1 aliphatic carbocycles. The highest BCUT2D eigenvalue weighted by Gasteiger charge is 2.22. The van der Waals surface area contributed by atoms with Crippen LogP contribution in [0.25, 0.3) is 0 Å². The molecule has 0 spiro atoms. The van der Waals surface area contributed by atoms with Crippen LogP contribution in [0.5, 0.6) is 0 Å². The number of ether oxygens (including phenoxy) is 2. The van der Waals surface area contributed by atoms with Crippen LogP contribution in [0.1, 0.15) is 32.6 Å². The zero-order chi connectivity index (χ0) is 12.5. The molecule has 1 aliphatic rings. The van der Waals surface area contributed by atoms with Gasteiger partial charge in [0.2, 0.25) is 0 Å². The topological polar surface area (TPSA) is 50.7 Å². The molecule has 0 saturated heterocycles. The van der Waals surface area contributed by atoms with Gasteiger partial charge in [-0.2, -0.15) is 0 Å². The van der Waals surface area contributed by atoms with Crippen molar-refractivity contribution in [2.24, 2.45) is 5.92 Å². The summed E-state index contributed by atoms with van der Waals surface area (Å²) in [7, 11) is 1.67. The summed E-state index contributed by atoms with van der Waals surface area (Å²) < 4.78 is 10.7. The Morgan fingerprint density at radius 1 is 1.35 bits per heavy atom. The van der Waals surface area contributed by atoms with Gasteiger partial charge in [0.15, 0.2) is 0 Å². The van der Waals surface area contributed by atoms with Crippen LogP contribution in [0.2, 0.25) is 0 Å². The van der Waals surface area contributed by atoms with Gasteiger partial charge in [0.05, 0.1) is 25.4 Å². The second-order valence-electron chi connectivity index (χ2n) is 4.98. The molecule has 0 aliphatic heterocycles. The fourth-order valence-electron chi connectivity index (χ4n) is 2.27. The van der Waals surface area contributed by atoms with Crippen LogP contribution in [-0.4, -0.2) is 50.7 Å². The smallest absolute Gasteiger partial charge is 0.0897 e. The molecule has 1 saturated carbocycles. The SMILES string of the molecule is COCCNC[C@H](O)CO[C@@H]1CCCC[C@@H]1C. The maximum Gasteiger partial charge on any atom is 0.0897 e. The van der Waals surface area contributed by atoms with Gasteiger partial charge < -0.3 is 19.9 Å². The average Bonchev–Trinajstić information content (AvgIpc) is 2.34. The minimum atomic E-state index is -0.416. The van der Waals surface area contributed by atoms with Crippen molar-refractivity contribution in [3.63, 3.8) is 0 Å². The van der Waals surface area contributed by atoms with E-state index in [1.807, 2.05) is 0 Å². The van der Waals surface area contributed by atoms with Gasteiger partial charge in [-0.3, -0.25) is 0 Å². The van der Waals surface area contributed by atoms with Crippen molar-refractivity contribution in [2.75, 3.05) is 33.4 Å². The number of nitrogens with one attached hydrogen (secondary N) is 1. The normalized spacial score (nSPS) is 27.0. The molecule has 0 aromatic heterocycles. The first-order valence-electron chi connectivity index (χ1n) is 6.73. The molecule has 2 N–H and O–H groups in total. The van der Waals surface area contributed by atoms with E-state index in [2.05, 4.69) is 12.2 Å². The molecule has 0 unspecified atom stereocenters. The number of hydrogen-bond donors (Lipinski definition) is 2. The van der Waals surface area contributed by atoms with Crippen molar-refractivity contribution in [1.29, 1.82) is 0 Å². The highest BCUT2D eigenvalue weighted by Crippen LogP contribution is 2.26. The summed E-state index contributed by atoms with van der Waals surface area (Å²) in [6.45, 7) is 4.70. The molecule has 0 amide bonds. The third kappa shape index (κ3) is 6.36. The predicted octanol–water partition coefficient (Wildman–Crippen LogP) is 1.18. The third-order valence-corrected chi connectivity index (χ3v) is 3.40. The van der Waals surface area contributed by atoms with Crippen molar-refractivity contribution in [2.45, 2.75) is 44.8 Å². The van der Waals surface area contributed by atoms with E-state index < -0.39 is 6.10 Å². The maximum absolute atomic E-state index is 9.74. The highest BCUT2D eigenvalue weighted by atomic mass is 16.5. The van der Waals surface area contributed by atoms with E-state index in [9.17, 15) is 5.11 Å². The summed E-state index contributed by atoms with van der Waals surface area (Å²) in [5.74, 6) is 0.636. The van der Waals surface area contributed by atoms with Gasteiger partial charge >= 0.3 is 0 Å². The first-order valence-corrected chi connectivity index (χ1v) is 6.73. The van der Waals surface area contributed by atoms with Crippen molar-refractivity contribution in [3.8, 4) is 0 Å². The molecule has 0 heterocycles. The summed E-state index contributed by atoms with van der Waals surface area (Å²) in [5, 5.41) is 12.9. The Morgan fingerprint density at radius 2 is 2.12 bits per heavy atom. The van der Waals surface area contributed by atoms with Crippen LogP contribution in [0.15, 0.2) is 0 Å². The second-order valence-corrected chi connectivity index (χ2v) is 4.98. The van der Waals surface area contributed by atoms with Crippen molar-refractivity contribution < 1.29 is 14.6 Å². The summed E-state index contributed by atoms with van der Waals surface area (Å²) in [6.07, 6.45) is 4.91. The van der Waals surface area contributed by atoms with E-state index in [0.29, 0.717) is 31.8 Å². The fraction of sp³-hybridized carbons (Fsp3) is 1.00. The van der Waals surface area contributed by atoms with Gasteiger partial charge in [-0.1, -0.05) is 19.8 Å². The Hall–Kier alpha value is -0.160. The number of methoxy groups -OCH3 is 1. The summed E-state index contributed by atoms with van der Waals surface area (Å²) in [5.41, 5.74) is 0. The van der Waals surface area contributed by atoms with E-state index >= 15 is 0 Å². The lowest BCUT2D eigenvalue weighted by atomic mass is 9.88. The number of rotatable bonds is 8. The molecule has 0 aromatic rings. The Morgan fingerprint density at radius 3 is 2.82 bits per heavy atom. The minimum absolute atomic E-state index is 0.345. The molecule has 102 valence electrons. The van der Waals surface area contributed by atoms with Crippen LogP contribution in [0.4, 0.5) is 0 Å². The Bertz CT molecular complexity index is 190. The minimum Gasteiger partial charge on any atom is -0.389 e. The Kier molecular flexibility index (Phi) is 7.77. The zero-order valence-electron chi connectivity index (χ0n) is 11.2. The lowest BCUT2D eigenvalue weighted by molar-refractivity contribution is -0.0452. The average molecular weight is 245 g/mol. The number of hydrogen-bond acceptors (Lipinski definition) is 4. The monoisotopic (exact) mass is 245 g/mol. The molecule has 17 heavy (non-hydrogen) atoms. The van der Waals surface area contributed by atoms with Crippen LogP contribution in [0.3, 0.4) is 0 Å². The molecule has 1 rings (SSSR count).